The number of aryl methyl sites for hydroxylation is 2. The van der Waals surface area contributed by atoms with Crippen molar-refractivity contribution in [1.82, 2.24) is 19.9 Å². The molecule has 0 atom stereocenters. The standard InChI is InChI=1S/C16H17N5O2S/c1-3-9-6-11-13(17-8(2)18-15(11)24-9)21-5-4-10-12(7-21)19-16(23)20-14(10)22/h6H,3-5,7H2,1-2H3,(H2,19,20,22,23). The van der Waals surface area contributed by atoms with Crippen molar-refractivity contribution in [3.05, 3.63) is 48.9 Å². The van der Waals surface area contributed by atoms with Gasteiger partial charge in [-0.25, -0.2) is 14.8 Å². The van der Waals surface area contributed by atoms with Crippen LogP contribution in [-0.4, -0.2) is 26.5 Å². The van der Waals surface area contributed by atoms with Gasteiger partial charge in [0.2, 0.25) is 0 Å². The molecule has 0 saturated heterocycles. The maximum Gasteiger partial charge on any atom is 0.325 e. The SMILES string of the molecule is CCc1cc2c(N3CCc4c([nH]c(=O)[nH]c4=O)C3)nc(C)nc2s1. The van der Waals surface area contributed by atoms with Crippen LogP contribution in [0.1, 0.15) is 28.9 Å². The van der Waals surface area contributed by atoms with Crippen LogP contribution in [0.15, 0.2) is 15.7 Å². The van der Waals surface area contributed by atoms with E-state index in [1.54, 1.807) is 11.3 Å². The van der Waals surface area contributed by atoms with E-state index in [1.165, 1.54) is 4.88 Å². The van der Waals surface area contributed by atoms with Crippen molar-refractivity contribution in [2.45, 2.75) is 33.2 Å². The Morgan fingerprint density at radius 2 is 2.12 bits per heavy atom. The molecular formula is C16H17N5O2S. The highest BCUT2D eigenvalue weighted by atomic mass is 32.1. The molecule has 0 aromatic carbocycles. The molecule has 24 heavy (non-hydrogen) atoms. The Labute approximate surface area is 141 Å². The van der Waals surface area contributed by atoms with Crippen LogP contribution in [0.4, 0.5) is 5.82 Å². The molecule has 3 aromatic rings. The number of nitrogens with zero attached hydrogens (tertiary/aromatic N) is 3. The number of H-pyrrole nitrogens is 2. The van der Waals surface area contributed by atoms with Gasteiger partial charge in [-0.2, -0.15) is 0 Å². The van der Waals surface area contributed by atoms with Gasteiger partial charge in [0.05, 0.1) is 11.9 Å². The Kier molecular flexibility index (Phi) is 3.49. The van der Waals surface area contributed by atoms with Gasteiger partial charge in [-0.15, -0.1) is 11.3 Å². The number of anilines is 1. The van der Waals surface area contributed by atoms with E-state index < -0.39 is 5.69 Å². The number of rotatable bonds is 2. The van der Waals surface area contributed by atoms with Crippen molar-refractivity contribution in [3.8, 4) is 0 Å². The minimum Gasteiger partial charge on any atom is -0.350 e. The Hall–Kier alpha value is -2.48. The lowest BCUT2D eigenvalue weighted by Gasteiger charge is -2.29. The summed E-state index contributed by atoms with van der Waals surface area (Å²) in [6.07, 6.45) is 1.54. The number of fused-ring (bicyclic) bond motifs is 2. The number of aromatic nitrogens is 4. The molecule has 0 unspecified atom stereocenters. The van der Waals surface area contributed by atoms with E-state index >= 15 is 0 Å². The molecule has 2 N–H and O–H groups in total. The van der Waals surface area contributed by atoms with E-state index in [1.807, 2.05) is 6.92 Å². The van der Waals surface area contributed by atoms with Gasteiger partial charge in [0.25, 0.3) is 5.56 Å². The van der Waals surface area contributed by atoms with Crippen molar-refractivity contribution < 1.29 is 0 Å². The molecule has 0 spiro atoms. The number of hydrogen-bond acceptors (Lipinski definition) is 6. The first-order valence-electron chi connectivity index (χ1n) is 7.91. The third kappa shape index (κ3) is 2.43. The minimum absolute atomic E-state index is 0.291. The molecule has 0 aliphatic carbocycles. The monoisotopic (exact) mass is 343 g/mol. The summed E-state index contributed by atoms with van der Waals surface area (Å²) in [6.45, 7) is 5.17. The predicted octanol–water partition coefficient (Wildman–Crippen LogP) is 1.50. The summed E-state index contributed by atoms with van der Waals surface area (Å²) in [6, 6.07) is 2.14. The predicted molar refractivity (Wildman–Crippen MR) is 94.0 cm³/mol. The average Bonchev–Trinajstić information content (AvgIpc) is 2.96. The second kappa shape index (κ2) is 5.55. The van der Waals surface area contributed by atoms with E-state index in [9.17, 15) is 9.59 Å². The van der Waals surface area contributed by atoms with E-state index in [0.717, 1.165) is 28.3 Å². The third-order valence-electron chi connectivity index (χ3n) is 4.29. The molecule has 0 saturated carbocycles. The number of nitrogens with one attached hydrogen (secondary N) is 2. The lowest BCUT2D eigenvalue weighted by molar-refractivity contribution is 0.682. The molecule has 0 amide bonds. The molecule has 0 bridgehead atoms. The third-order valence-corrected chi connectivity index (χ3v) is 5.47. The van der Waals surface area contributed by atoms with Gasteiger partial charge in [0.15, 0.2) is 0 Å². The summed E-state index contributed by atoms with van der Waals surface area (Å²) >= 11 is 1.69. The first-order valence-corrected chi connectivity index (χ1v) is 8.73. The largest absolute Gasteiger partial charge is 0.350 e. The van der Waals surface area contributed by atoms with Crippen LogP contribution >= 0.6 is 11.3 Å². The first-order chi connectivity index (χ1) is 11.5. The minimum atomic E-state index is -0.464. The van der Waals surface area contributed by atoms with Crippen LogP contribution in [0.5, 0.6) is 0 Å². The van der Waals surface area contributed by atoms with Crippen molar-refractivity contribution in [2.75, 3.05) is 11.4 Å². The van der Waals surface area contributed by atoms with Gasteiger partial charge in [-0.1, -0.05) is 6.92 Å². The highest BCUT2D eigenvalue weighted by molar-refractivity contribution is 7.18. The molecule has 1 aliphatic rings. The second-order valence-corrected chi connectivity index (χ2v) is 7.03. The molecule has 4 rings (SSSR count). The molecule has 3 aromatic heterocycles. The Morgan fingerprint density at radius 1 is 1.29 bits per heavy atom. The van der Waals surface area contributed by atoms with Crippen molar-refractivity contribution in [1.29, 1.82) is 0 Å². The highest BCUT2D eigenvalue weighted by Gasteiger charge is 2.23. The van der Waals surface area contributed by atoms with Crippen molar-refractivity contribution in [2.24, 2.45) is 0 Å². The summed E-state index contributed by atoms with van der Waals surface area (Å²) in [5, 5.41) is 1.04. The summed E-state index contributed by atoms with van der Waals surface area (Å²) in [4.78, 5) is 42.1. The highest BCUT2D eigenvalue weighted by Crippen LogP contribution is 2.32. The maximum absolute atomic E-state index is 11.9. The maximum atomic E-state index is 11.9. The zero-order valence-electron chi connectivity index (χ0n) is 13.5. The molecule has 4 heterocycles. The summed E-state index contributed by atoms with van der Waals surface area (Å²) in [5.74, 6) is 1.60. The van der Waals surface area contributed by atoms with Crippen LogP contribution in [0, 0.1) is 6.92 Å². The zero-order valence-corrected chi connectivity index (χ0v) is 14.3. The molecule has 124 valence electrons. The molecule has 8 heteroatoms. The van der Waals surface area contributed by atoms with E-state index in [0.29, 0.717) is 30.8 Å². The van der Waals surface area contributed by atoms with Crippen LogP contribution < -0.4 is 16.1 Å². The normalized spacial score (nSPS) is 14.2. The lowest BCUT2D eigenvalue weighted by atomic mass is 10.1. The first kappa shape index (κ1) is 15.1. The number of thiophene rings is 1. The van der Waals surface area contributed by atoms with E-state index in [-0.39, 0.29) is 5.56 Å². The molecule has 0 fully saturated rings. The summed E-state index contributed by atoms with van der Waals surface area (Å²) in [7, 11) is 0. The Morgan fingerprint density at radius 3 is 2.92 bits per heavy atom. The van der Waals surface area contributed by atoms with Gasteiger partial charge in [0, 0.05) is 22.7 Å². The fourth-order valence-electron chi connectivity index (χ4n) is 3.13. The topological polar surface area (TPSA) is 94.7 Å². The van der Waals surface area contributed by atoms with Crippen LogP contribution in [0.2, 0.25) is 0 Å². The van der Waals surface area contributed by atoms with E-state index in [4.69, 9.17) is 0 Å². The number of aromatic amines is 2. The van der Waals surface area contributed by atoms with Crippen molar-refractivity contribution in [3.63, 3.8) is 0 Å². The van der Waals surface area contributed by atoms with E-state index in [2.05, 4.69) is 37.8 Å². The fraction of sp³-hybridized carbons (Fsp3) is 0.375. The molecule has 0 radical (unpaired) electrons. The quantitative estimate of drug-likeness (QED) is 0.735. The molecular weight excluding hydrogens is 326 g/mol. The average molecular weight is 343 g/mol. The van der Waals surface area contributed by atoms with Gasteiger partial charge in [-0.05, 0) is 25.8 Å². The van der Waals surface area contributed by atoms with Crippen molar-refractivity contribution >= 4 is 27.4 Å². The number of hydrogen-bond donors (Lipinski definition) is 2. The smallest absolute Gasteiger partial charge is 0.325 e. The Bertz CT molecular complexity index is 1050. The van der Waals surface area contributed by atoms with Crippen LogP contribution in [0.3, 0.4) is 0 Å². The fourth-order valence-corrected chi connectivity index (χ4v) is 4.14. The van der Waals surface area contributed by atoms with Gasteiger partial charge >= 0.3 is 5.69 Å². The molecule has 1 aliphatic heterocycles. The lowest BCUT2D eigenvalue weighted by Crippen LogP contribution is -2.39. The molecule has 7 nitrogen and oxygen atoms in total. The second-order valence-electron chi connectivity index (χ2n) is 5.92. The van der Waals surface area contributed by atoms with Gasteiger partial charge in [-0.3, -0.25) is 9.78 Å². The summed E-state index contributed by atoms with van der Waals surface area (Å²) < 4.78 is 0. The van der Waals surface area contributed by atoms with Crippen LogP contribution in [0.25, 0.3) is 10.2 Å². The summed E-state index contributed by atoms with van der Waals surface area (Å²) in [5.41, 5.74) is 0.576. The van der Waals surface area contributed by atoms with Crippen LogP contribution in [-0.2, 0) is 19.4 Å². The zero-order chi connectivity index (χ0) is 16.8. The van der Waals surface area contributed by atoms with Gasteiger partial charge in [0.1, 0.15) is 16.5 Å². The Balaban J connectivity index is 1.82. The van der Waals surface area contributed by atoms with Gasteiger partial charge < -0.3 is 9.88 Å².